The van der Waals surface area contributed by atoms with E-state index >= 15 is 0 Å². The first kappa shape index (κ1) is 21.3. The van der Waals surface area contributed by atoms with E-state index < -0.39 is 6.04 Å². The molecule has 2 N–H and O–H groups in total. The Kier molecular flexibility index (Phi) is 8.14. The van der Waals surface area contributed by atoms with Gasteiger partial charge in [-0.05, 0) is 48.8 Å². The standard InChI is InChI=1S/C22H28N2O2.ClH/c1-26-21-10-6-5-9-19(21)15-18-11-13-24(14-12-18)22(25)20(23)16-17-7-3-2-4-8-17;/h2-10,18,20H,11-16,23H2,1H3;1H/t20-;/m0./s1. The monoisotopic (exact) mass is 388 g/mol. The molecule has 5 heteroatoms. The van der Waals surface area contributed by atoms with E-state index in [0.717, 1.165) is 43.7 Å². The molecule has 1 heterocycles. The lowest BCUT2D eigenvalue weighted by atomic mass is 9.89. The van der Waals surface area contributed by atoms with Crippen molar-refractivity contribution in [2.24, 2.45) is 11.7 Å². The fourth-order valence-electron chi connectivity index (χ4n) is 3.73. The van der Waals surface area contributed by atoms with Gasteiger partial charge >= 0.3 is 0 Å². The summed E-state index contributed by atoms with van der Waals surface area (Å²) in [6.45, 7) is 1.59. The lowest BCUT2D eigenvalue weighted by molar-refractivity contribution is -0.133. The number of hydrogen-bond donors (Lipinski definition) is 1. The molecule has 27 heavy (non-hydrogen) atoms. The Morgan fingerprint density at radius 3 is 2.41 bits per heavy atom. The van der Waals surface area contributed by atoms with Crippen LogP contribution in [0.1, 0.15) is 24.0 Å². The number of carbonyl (C=O) groups is 1. The van der Waals surface area contributed by atoms with Crippen LogP contribution in [0.15, 0.2) is 54.6 Å². The van der Waals surface area contributed by atoms with Crippen molar-refractivity contribution in [3.05, 3.63) is 65.7 Å². The molecule has 1 aliphatic heterocycles. The molecule has 1 saturated heterocycles. The number of rotatable bonds is 6. The third kappa shape index (κ3) is 5.72. The second kappa shape index (κ2) is 10.3. The van der Waals surface area contributed by atoms with Gasteiger partial charge in [0.05, 0.1) is 13.2 Å². The number of nitrogens with zero attached hydrogens (tertiary/aromatic N) is 1. The maximum Gasteiger partial charge on any atom is 0.239 e. The summed E-state index contributed by atoms with van der Waals surface area (Å²) in [5.41, 5.74) is 8.53. The molecule has 146 valence electrons. The Labute approximate surface area is 168 Å². The van der Waals surface area contributed by atoms with Crippen LogP contribution in [0.5, 0.6) is 5.75 Å². The molecule has 2 aromatic rings. The molecule has 0 radical (unpaired) electrons. The predicted molar refractivity (Wildman–Crippen MR) is 111 cm³/mol. The molecule has 0 spiro atoms. The van der Waals surface area contributed by atoms with Crippen molar-refractivity contribution in [1.29, 1.82) is 0 Å². The van der Waals surface area contributed by atoms with E-state index in [1.807, 2.05) is 47.4 Å². The van der Waals surface area contributed by atoms with Gasteiger partial charge in [0.1, 0.15) is 5.75 Å². The highest BCUT2D eigenvalue weighted by atomic mass is 35.5. The van der Waals surface area contributed by atoms with Crippen molar-refractivity contribution in [1.82, 2.24) is 4.90 Å². The third-order valence-corrected chi connectivity index (χ3v) is 5.24. The Morgan fingerprint density at radius 2 is 1.74 bits per heavy atom. The van der Waals surface area contributed by atoms with Crippen LogP contribution in [0.25, 0.3) is 0 Å². The molecule has 1 aliphatic rings. The molecule has 1 fully saturated rings. The number of amides is 1. The van der Waals surface area contributed by atoms with Gasteiger partial charge in [0.15, 0.2) is 0 Å². The summed E-state index contributed by atoms with van der Waals surface area (Å²) in [7, 11) is 1.72. The number of para-hydroxylation sites is 1. The number of methoxy groups -OCH3 is 1. The highest BCUT2D eigenvalue weighted by molar-refractivity contribution is 5.85. The molecule has 4 nitrogen and oxygen atoms in total. The van der Waals surface area contributed by atoms with Crippen molar-refractivity contribution < 1.29 is 9.53 Å². The van der Waals surface area contributed by atoms with Crippen LogP contribution in [0, 0.1) is 5.92 Å². The number of likely N-dealkylation sites (tertiary alicyclic amines) is 1. The summed E-state index contributed by atoms with van der Waals surface area (Å²) in [6, 6.07) is 17.7. The zero-order chi connectivity index (χ0) is 18.4. The molecule has 1 atom stereocenters. The van der Waals surface area contributed by atoms with Gasteiger partial charge in [-0.25, -0.2) is 0 Å². The van der Waals surface area contributed by atoms with Gasteiger partial charge in [0, 0.05) is 13.1 Å². The summed E-state index contributed by atoms with van der Waals surface area (Å²) in [6.07, 6.45) is 3.63. The second-order valence-corrected chi connectivity index (χ2v) is 7.08. The number of benzene rings is 2. The minimum atomic E-state index is -0.455. The topological polar surface area (TPSA) is 55.6 Å². The van der Waals surface area contributed by atoms with E-state index in [4.69, 9.17) is 10.5 Å². The molecular formula is C22H29ClN2O2. The van der Waals surface area contributed by atoms with Crippen molar-refractivity contribution in [2.45, 2.75) is 31.7 Å². The van der Waals surface area contributed by atoms with E-state index in [9.17, 15) is 4.79 Å². The minimum absolute atomic E-state index is 0. The minimum Gasteiger partial charge on any atom is -0.496 e. The van der Waals surface area contributed by atoms with Crippen molar-refractivity contribution in [3.63, 3.8) is 0 Å². The Morgan fingerprint density at radius 1 is 1.11 bits per heavy atom. The maximum absolute atomic E-state index is 12.6. The molecule has 0 aromatic heterocycles. The molecule has 0 saturated carbocycles. The Bertz CT molecular complexity index is 715. The zero-order valence-corrected chi connectivity index (χ0v) is 16.7. The Hall–Kier alpha value is -2.04. The largest absolute Gasteiger partial charge is 0.496 e. The van der Waals surface area contributed by atoms with E-state index in [2.05, 4.69) is 12.1 Å². The molecular weight excluding hydrogens is 360 g/mol. The van der Waals surface area contributed by atoms with Gasteiger partial charge in [-0.3, -0.25) is 4.79 Å². The highest BCUT2D eigenvalue weighted by Crippen LogP contribution is 2.26. The van der Waals surface area contributed by atoms with Crippen molar-refractivity contribution >= 4 is 18.3 Å². The molecule has 0 aliphatic carbocycles. The lowest BCUT2D eigenvalue weighted by Gasteiger charge is -2.33. The Balaban J connectivity index is 0.00000261. The van der Waals surface area contributed by atoms with Crippen LogP contribution in [0.3, 0.4) is 0 Å². The van der Waals surface area contributed by atoms with Gasteiger partial charge in [-0.1, -0.05) is 48.5 Å². The average molecular weight is 389 g/mol. The summed E-state index contributed by atoms with van der Waals surface area (Å²) < 4.78 is 5.45. The fraction of sp³-hybridized carbons (Fsp3) is 0.409. The summed E-state index contributed by atoms with van der Waals surface area (Å²) in [5.74, 6) is 1.61. The van der Waals surface area contributed by atoms with E-state index in [1.54, 1.807) is 7.11 Å². The quantitative estimate of drug-likeness (QED) is 0.824. The zero-order valence-electron chi connectivity index (χ0n) is 15.8. The van der Waals surface area contributed by atoms with Gasteiger partial charge in [0.2, 0.25) is 5.91 Å². The first-order chi connectivity index (χ1) is 12.7. The summed E-state index contributed by atoms with van der Waals surface area (Å²) >= 11 is 0. The van der Waals surface area contributed by atoms with E-state index in [0.29, 0.717) is 12.3 Å². The first-order valence-corrected chi connectivity index (χ1v) is 9.37. The SMILES string of the molecule is COc1ccccc1CC1CCN(C(=O)[C@@H](N)Cc2ccccc2)CC1.Cl. The molecule has 1 amide bonds. The smallest absolute Gasteiger partial charge is 0.239 e. The van der Waals surface area contributed by atoms with Gasteiger partial charge in [-0.2, -0.15) is 0 Å². The molecule has 0 unspecified atom stereocenters. The molecule has 0 bridgehead atoms. The number of piperidine rings is 1. The van der Waals surface area contributed by atoms with Crippen LogP contribution in [-0.4, -0.2) is 37.0 Å². The van der Waals surface area contributed by atoms with Crippen LogP contribution in [0.4, 0.5) is 0 Å². The molecule has 2 aromatic carbocycles. The fourth-order valence-corrected chi connectivity index (χ4v) is 3.73. The third-order valence-electron chi connectivity index (χ3n) is 5.24. The number of nitrogens with two attached hydrogens (primary N) is 1. The van der Waals surface area contributed by atoms with E-state index in [1.165, 1.54) is 5.56 Å². The number of halogens is 1. The molecule has 3 rings (SSSR count). The number of hydrogen-bond acceptors (Lipinski definition) is 3. The van der Waals surface area contributed by atoms with Crippen molar-refractivity contribution in [3.8, 4) is 5.75 Å². The second-order valence-electron chi connectivity index (χ2n) is 7.08. The van der Waals surface area contributed by atoms with Crippen LogP contribution in [0.2, 0.25) is 0 Å². The first-order valence-electron chi connectivity index (χ1n) is 9.37. The van der Waals surface area contributed by atoms with Gasteiger partial charge < -0.3 is 15.4 Å². The average Bonchev–Trinajstić information content (AvgIpc) is 2.69. The van der Waals surface area contributed by atoms with Gasteiger partial charge in [-0.15, -0.1) is 12.4 Å². The van der Waals surface area contributed by atoms with Gasteiger partial charge in [0.25, 0.3) is 0 Å². The van der Waals surface area contributed by atoms with Crippen LogP contribution < -0.4 is 10.5 Å². The highest BCUT2D eigenvalue weighted by Gasteiger charge is 2.26. The normalized spacial score (nSPS) is 15.7. The summed E-state index contributed by atoms with van der Waals surface area (Å²) in [4.78, 5) is 14.6. The predicted octanol–water partition coefficient (Wildman–Crippen LogP) is 3.47. The number of carbonyl (C=O) groups excluding carboxylic acids is 1. The maximum atomic E-state index is 12.6. The lowest BCUT2D eigenvalue weighted by Crippen LogP contribution is -2.48. The van der Waals surface area contributed by atoms with Crippen LogP contribution >= 0.6 is 12.4 Å². The van der Waals surface area contributed by atoms with Crippen LogP contribution in [-0.2, 0) is 17.6 Å². The van der Waals surface area contributed by atoms with Crippen molar-refractivity contribution in [2.75, 3.05) is 20.2 Å². The number of ether oxygens (including phenoxy) is 1. The van der Waals surface area contributed by atoms with E-state index in [-0.39, 0.29) is 18.3 Å². The summed E-state index contributed by atoms with van der Waals surface area (Å²) in [5, 5.41) is 0.